The number of aromatic nitrogens is 3. The van der Waals surface area contributed by atoms with E-state index in [9.17, 15) is 9.18 Å². The maximum absolute atomic E-state index is 14.7. The summed E-state index contributed by atoms with van der Waals surface area (Å²) >= 11 is 1.24. The molecule has 0 spiro atoms. The summed E-state index contributed by atoms with van der Waals surface area (Å²) in [5.41, 5.74) is 2.08. The summed E-state index contributed by atoms with van der Waals surface area (Å²) < 4.78 is 16.4. The summed E-state index contributed by atoms with van der Waals surface area (Å²) in [6, 6.07) is 16.3. The molecule has 154 valence electrons. The first-order valence-electron chi connectivity index (χ1n) is 10.0. The Morgan fingerprint density at radius 2 is 2.06 bits per heavy atom. The van der Waals surface area contributed by atoms with Crippen molar-refractivity contribution < 1.29 is 9.18 Å². The first-order chi connectivity index (χ1) is 15.2. The van der Waals surface area contributed by atoms with Crippen molar-refractivity contribution in [1.29, 1.82) is 0 Å². The third-order valence-corrected chi connectivity index (χ3v) is 6.10. The van der Waals surface area contributed by atoms with Crippen molar-refractivity contribution in [2.24, 2.45) is 0 Å². The molecule has 0 radical (unpaired) electrons. The Kier molecular flexibility index (Phi) is 5.26. The van der Waals surface area contributed by atoms with Crippen LogP contribution in [-0.2, 0) is 0 Å². The fourth-order valence-corrected chi connectivity index (χ4v) is 4.20. The highest BCUT2D eigenvalue weighted by atomic mass is 32.2. The van der Waals surface area contributed by atoms with Gasteiger partial charge in [-0.05, 0) is 55.3 Å². The summed E-state index contributed by atoms with van der Waals surface area (Å²) in [6.07, 6.45) is 9.21. The quantitative estimate of drug-likeness (QED) is 0.454. The average molecular weight is 431 g/mol. The highest BCUT2D eigenvalue weighted by Crippen LogP contribution is 2.35. The van der Waals surface area contributed by atoms with Gasteiger partial charge in [-0.25, -0.2) is 9.07 Å². The minimum atomic E-state index is -0.405. The van der Waals surface area contributed by atoms with Gasteiger partial charge in [-0.15, -0.1) is 0 Å². The number of nitrogens with zero attached hydrogens (tertiary/aromatic N) is 3. The van der Waals surface area contributed by atoms with E-state index in [2.05, 4.69) is 15.4 Å². The molecular formula is C24H19FN4OS. The van der Waals surface area contributed by atoms with Gasteiger partial charge in [0.15, 0.2) is 0 Å². The van der Waals surface area contributed by atoms with E-state index < -0.39 is 5.82 Å². The van der Waals surface area contributed by atoms with Crippen LogP contribution in [0, 0.1) is 5.82 Å². The summed E-state index contributed by atoms with van der Waals surface area (Å²) in [4.78, 5) is 18.0. The number of halogens is 1. The maximum Gasteiger partial charge on any atom is 0.252 e. The van der Waals surface area contributed by atoms with Gasteiger partial charge in [-0.1, -0.05) is 30.0 Å². The minimum Gasteiger partial charge on any atom is -0.349 e. The van der Waals surface area contributed by atoms with E-state index in [-0.39, 0.29) is 11.9 Å². The molecule has 1 amide bonds. The molecule has 31 heavy (non-hydrogen) atoms. The summed E-state index contributed by atoms with van der Waals surface area (Å²) in [5.74, 6) is -0.633. The second-order valence-corrected chi connectivity index (χ2v) is 8.43. The minimum absolute atomic E-state index is 0.213. The van der Waals surface area contributed by atoms with Crippen LogP contribution in [0.1, 0.15) is 28.9 Å². The molecule has 0 aliphatic heterocycles. The molecule has 4 aromatic rings. The van der Waals surface area contributed by atoms with Crippen molar-refractivity contribution in [2.75, 3.05) is 0 Å². The van der Waals surface area contributed by atoms with Crippen molar-refractivity contribution >= 4 is 40.8 Å². The van der Waals surface area contributed by atoms with Gasteiger partial charge in [0.2, 0.25) is 0 Å². The van der Waals surface area contributed by atoms with E-state index >= 15 is 0 Å². The lowest BCUT2D eigenvalue weighted by molar-refractivity contribution is 0.0947. The maximum atomic E-state index is 14.7. The number of hydrogen-bond donors (Lipinski definition) is 1. The van der Waals surface area contributed by atoms with E-state index in [1.54, 1.807) is 29.2 Å². The standard InChI is InChI=1S/C24H19FN4OS/c25-21-6-3-5-20(24(30)28-18-8-9-18)23(21)31-19-10-7-16-15-27-29(22(16)14-19)13-11-17-4-1-2-12-26-17/h1-7,10-15,18H,8-9H2,(H,28,30). The van der Waals surface area contributed by atoms with E-state index in [4.69, 9.17) is 0 Å². The normalized spacial score (nSPS) is 13.7. The zero-order valence-corrected chi connectivity index (χ0v) is 17.3. The van der Waals surface area contributed by atoms with Crippen LogP contribution in [0.5, 0.6) is 0 Å². The Morgan fingerprint density at radius 1 is 1.16 bits per heavy atom. The largest absolute Gasteiger partial charge is 0.349 e. The smallest absolute Gasteiger partial charge is 0.252 e. The molecule has 1 N–H and O–H groups in total. The number of carbonyl (C=O) groups is 1. The molecule has 1 saturated carbocycles. The van der Waals surface area contributed by atoms with Gasteiger partial charge in [0.1, 0.15) is 5.82 Å². The summed E-state index contributed by atoms with van der Waals surface area (Å²) in [5, 5.41) is 8.33. The number of pyridine rings is 1. The number of carbonyl (C=O) groups excluding carboxylic acids is 1. The molecule has 7 heteroatoms. The second-order valence-electron chi connectivity index (χ2n) is 7.35. The van der Waals surface area contributed by atoms with Gasteiger partial charge < -0.3 is 5.32 Å². The fourth-order valence-electron chi connectivity index (χ4n) is 3.22. The number of benzene rings is 2. The van der Waals surface area contributed by atoms with E-state index in [1.807, 2.05) is 48.7 Å². The van der Waals surface area contributed by atoms with E-state index in [1.165, 1.54) is 17.8 Å². The Balaban J connectivity index is 1.45. The van der Waals surface area contributed by atoms with Crippen molar-refractivity contribution in [3.05, 3.63) is 84.1 Å². The molecule has 1 aliphatic rings. The van der Waals surface area contributed by atoms with Crippen LogP contribution in [0.15, 0.2) is 76.8 Å². The zero-order chi connectivity index (χ0) is 21.2. The lowest BCUT2D eigenvalue weighted by Gasteiger charge is -2.11. The first-order valence-corrected chi connectivity index (χ1v) is 10.8. The van der Waals surface area contributed by atoms with E-state index in [0.717, 1.165) is 34.3 Å². The second kappa shape index (κ2) is 8.35. The van der Waals surface area contributed by atoms with Gasteiger partial charge in [0.25, 0.3) is 5.91 Å². The molecule has 0 atom stereocenters. The van der Waals surface area contributed by atoms with Crippen LogP contribution in [-0.4, -0.2) is 26.7 Å². The van der Waals surface area contributed by atoms with Crippen LogP contribution in [0.2, 0.25) is 0 Å². The molecular weight excluding hydrogens is 411 g/mol. The van der Waals surface area contributed by atoms with Crippen LogP contribution in [0.3, 0.4) is 0 Å². The average Bonchev–Trinajstić information content (AvgIpc) is 3.51. The highest BCUT2D eigenvalue weighted by molar-refractivity contribution is 7.99. The fraction of sp³-hybridized carbons (Fsp3) is 0.125. The molecule has 0 saturated heterocycles. The topological polar surface area (TPSA) is 59.8 Å². The molecule has 2 aromatic heterocycles. The lowest BCUT2D eigenvalue weighted by Crippen LogP contribution is -2.26. The van der Waals surface area contributed by atoms with Gasteiger partial charge >= 0.3 is 0 Å². The number of amides is 1. The molecule has 5 rings (SSSR count). The monoisotopic (exact) mass is 430 g/mol. The number of hydrogen-bond acceptors (Lipinski definition) is 4. The molecule has 2 aromatic carbocycles. The highest BCUT2D eigenvalue weighted by Gasteiger charge is 2.25. The van der Waals surface area contributed by atoms with Crippen molar-refractivity contribution in [2.45, 2.75) is 28.7 Å². The lowest BCUT2D eigenvalue weighted by atomic mass is 10.2. The molecule has 0 unspecified atom stereocenters. The van der Waals surface area contributed by atoms with Gasteiger partial charge in [-0.3, -0.25) is 9.78 Å². The van der Waals surface area contributed by atoms with E-state index in [0.29, 0.717) is 10.5 Å². The molecule has 2 heterocycles. The van der Waals surface area contributed by atoms with Gasteiger partial charge in [0.05, 0.1) is 27.9 Å². The van der Waals surface area contributed by atoms with Gasteiger partial charge in [0, 0.05) is 28.7 Å². The number of nitrogens with one attached hydrogen (secondary N) is 1. The SMILES string of the molecule is O=C(NC1CC1)c1cccc(F)c1Sc1ccc2cnn(C=Cc3ccccn3)c2c1. The van der Waals surface area contributed by atoms with Crippen molar-refractivity contribution in [1.82, 2.24) is 20.1 Å². The van der Waals surface area contributed by atoms with Crippen LogP contribution in [0.25, 0.3) is 23.2 Å². The summed E-state index contributed by atoms with van der Waals surface area (Å²) in [6.45, 7) is 0. The van der Waals surface area contributed by atoms with Crippen molar-refractivity contribution in [3.8, 4) is 0 Å². The molecule has 5 nitrogen and oxygen atoms in total. The zero-order valence-electron chi connectivity index (χ0n) is 16.5. The molecule has 1 aliphatic carbocycles. The Hall–Kier alpha value is -3.45. The van der Waals surface area contributed by atoms with Crippen LogP contribution in [0.4, 0.5) is 4.39 Å². The first kappa shape index (κ1) is 19.5. The Labute approximate surface area is 183 Å². The predicted octanol–water partition coefficient (Wildman–Crippen LogP) is 5.24. The van der Waals surface area contributed by atoms with Gasteiger partial charge in [-0.2, -0.15) is 5.10 Å². The number of rotatable bonds is 6. The Bertz CT molecular complexity index is 1280. The predicted molar refractivity (Wildman–Crippen MR) is 120 cm³/mol. The number of fused-ring (bicyclic) bond motifs is 1. The molecule has 0 bridgehead atoms. The van der Waals surface area contributed by atoms with Crippen molar-refractivity contribution in [3.63, 3.8) is 0 Å². The van der Waals surface area contributed by atoms with Crippen LogP contribution >= 0.6 is 11.8 Å². The summed E-state index contributed by atoms with van der Waals surface area (Å²) in [7, 11) is 0. The Morgan fingerprint density at radius 3 is 2.87 bits per heavy atom. The third kappa shape index (κ3) is 4.36. The molecule has 1 fully saturated rings. The van der Waals surface area contributed by atoms with Crippen LogP contribution < -0.4 is 5.32 Å². The third-order valence-electron chi connectivity index (χ3n) is 4.99.